The molecule has 1 aliphatic rings. The molecule has 0 aliphatic carbocycles. The van der Waals surface area contributed by atoms with E-state index in [4.69, 9.17) is 14.2 Å². The molecule has 2 aromatic rings. The second-order valence-electron chi connectivity index (χ2n) is 4.30. The van der Waals surface area contributed by atoms with Crippen molar-refractivity contribution in [2.45, 2.75) is 11.8 Å². The molecular formula is C14H15N3O3S. The summed E-state index contributed by atoms with van der Waals surface area (Å²) in [6, 6.07) is 7.52. The van der Waals surface area contributed by atoms with Crippen LogP contribution in [0.25, 0.3) is 0 Å². The lowest BCUT2D eigenvalue weighted by Gasteiger charge is -2.09. The fourth-order valence-electron chi connectivity index (χ4n) is 1.89. The number of ether oxygens (including phenoxy) is 3. The third-order valence-corrected chi connectivity index (χ3v) is 3.49. The van der Waals surface area contributed by atoms with Crippen LogP contribution in [-0.4, -0.2) is 30.1 Å². The molecule has 3 rings (SSSR count). The van der Waals surface area contributed by atoms with Crippen LogP contribution < -0.4 is 19.5 Å². The van der Waals surface area contributed by atoms with Crippen LogP contribution in [0.2, 0.25) is 0 Å². The number of nitrogens with one attached hydrogen (secondary N) is 1. The third-order valence-electron chi connectivity index (χ3n) is 2.94. The lowest BCUT2D eigenvalue weighted by Crippen LogP contribution is -2.01. The molecule has 0 atom stereocenters. The molecule has 0 unspecified atom stereocenters. The fourth-order valence-corrected chi connectivity index (χ4v) is 2.26. The number of nitrogens with zero attached hydrogens (tertiary/aromatic N) is 2. The first-order chi connectivity index (χ1) is 10.3. The standard InChI is InChI=1S/C14H15N3O3S/c1-15-12-6-13(17-14(16-12)21-2)18-7-9-3-4-10-11(5-9)20-8-19-10/h3-6H,7-8H2,1-2H3,(H,15,16,17). The van der Waals surface area contributed by atoms with Crippen molar-refractivity contribution in [3.63, 3.8) is 0 Å². The van der Waals surface area contributed by atoms with Crippen LogP contribution >= 0.6 is 11.8 Å². The van der Waals surface area contributed by atoms with E-state index in [1.54, 1.807) is 6.07 Å². The van der Waals surface area contributed by atoms with Gasteiger partial charge in [0.2, 0.25) is 12.7 Å². The van der Waals surface area contributed by atoms with Gasteiger partial charge in [-0.05, 0) is 24.0 Å². The summed E-state index contributed by atoms with van der Waals surface area (Å²) in [5.74, 6) is 2.79. The highest BCUT2D eigenvalue weighted by atomic mass is 32.2. The molecule has 0 radical (unpaired) electrons. The topological polar surface area (TPSA) is 65.5 Å². The first kappa shape index (κ1) is 13.8. The van der Waals surface area contributed by atoms with Crippen LogP contribution in [0, 0.1) is 0 Å². The SMILES string of the molecule is CNc1cc(OCc2ccc3c(c2)OCO3)nc(SC)n1. The lowest BCUT2D eigenvalue weighted by molar-refractivity contribution is 0.174. The Balaban J connectivity index is 1.72. The fraction of sp³-hybridized carbons (Fsp3) is 0.286. The molecule has 1 N–H and O–H groups in total. The number of hydrogen-bond donors (Lipinski definition) is 1. The third kappa shape index (κ3) is 3.13. The smallest absolute Gasteiger partial charge is 0.231 e. The zero-order chi connectivity index (χ0) is 14.7. The van der Waals surface area contributed by atoms with Crippen molar-refractivity contribution in [2.75, 3.05) is 25.4 Å². The largest absolute Gasteiger partial charge is 0.473 e. The van der Waals surface area contributed by atoms with Crippen LogP contribution in [0.5, 0.6) is 17.4 Å². The molecule has 1 aromatic heterocycles. The highest BCUT2D eigenvalue weighted by Gasteiger charge is 2.13. The monoisotopic (exact) mass is 305 g/mol. The van der Waals surface area contributed by atoms with Crippen LogP contribution in [0.15, 0.2) is 29.4 Å². The molecular weight excluding hydrogens is 290 g/mol. The Morgan fingerprint density at radius 3 is 2.90 bits per heavy atom. The summed E-state index contributed by atoms with van der Waals surface area (Å²) in [5, 5.41) is 3.66. The average Bonchev–Trinajstić information content (AvgIpc) is 3.00. The van der Waals surface area contributed by atoms with Crippen molar-refractivity contribution in [1.82, 2.24) is 9.97 Å². The average molecular weight is 305 g/mol. The van der Waals surface area contributed by atoms with Crippen molar-refractivity contribution in [1.29, 1.82) is 0 Å². The van der Waals surface area contributed by atoms with E-state index in [1.165, 1.54) is 11.8 Å². The molecule has 0 amide bonds. The van der Waals surface area contributed by atoms with E-state index in [0.29, 0.717) is 17.6 Å². The molecule has 0 saturated carbocycles. The van der Waals surface area contributed by atoms with E-state index in [-0.39, 0.29) is 6.79 Å². The predicted octanol–water partition coefficient (Wildman–Crippen LogP) is 2.55. The molecule has 21 heavy (non-hydrogen) atoms. The van der Waals surface area contributed by atoms with Crippen LogP contribution in [0.3, 0.4) is 0 Å². The summed E-state index contributed by atoms with van der Waals surface area (Å²) in [7, 11) is 1.81. The minimum atomic E-state index is 0.272. The quantitative estimate of drug-likeness (QED) is 0.672. The Morgan fingerprint density at radius 1 is 1.24 bits per heavy atom. The minimum absolute atomic E-state index is 0.272. The van der Waals surface area contributed by atoms with Gasteiger partial charge in [0.25, 0.3) is 0 Å². The van der Waals surface area contributed by atoms with Gasteiger partial charge in [-0.25, -0.2) is 4.98 Å². The van der Waals surface area contributed by atoms with Gasteiger partial charge >= 0.3 is 0 Å². The Kier molecular flexibility index (Phi) is 4.01. The summed E-state index contributed by atoms with van der Waals surface area (Å²) in [6.45, 7) is 0.679. The number of aromatic nitrogens is 2. The van der Waals surface area contributed by atoms with Crippen molar-refractivity contribution < 1.29 is 14.2 Å². The maximum Gasteiger partial charge on any atom is 0.231 e. The summed E-state index contributed by atoms with van der Waals surface area (Å²) in [5.41, 5.74) is 0.995. The number of anilines is 1. The van der Waals surface area contributed by atoms with Crippen LogP contribution in [0.4, 0.5) is 5.82 Å². The highest BCUT2D eigenvalue weighted by molar-refractivity contribution is 7.98. The van der Waals surface area contributed by atoms with E-state index >= 15 is 0 Å². The molecule has 1 aromatic carbocycles. The molecule has 6 nitrogen and oxygen atoms in total. The normalized spacial score (nSPS) is 12.3. The minimum Gasteiger partial charge on any atom is -0.473 e. The summed E-state index contributed by atoms with van der Waals surface area (Å²) < 4.78 is 16.4. The highest BCUT2D eigenvalue weighted by Crippen LogP contribution is 2.32. The summed E-state index contributed by atoms with van der Waals surface area (Å²) in [6.07, 6.45) is 1.93. The van der Waals surface area contributed by atoms with E-state index in [2.05, 4.69) is 15.3 Å². The number of fused-ring (bicyclic) bond motifs is 1. The molecule has 0 saturated heterocycles. The second kappa shape index (κ2) is 6.09. The van der Waals surface area contributed by atoms with Gasteiger partial charge in [-0.2, -0.15) is 4.98 Å². The second-order valence-corrected chi connectivity index (χ2v) is 5.08. The maximum atomic E-state index is 5.74. The number of thioether (sulfide) groups is 1. The molecule has 7 heteroatoms. The van der Waals surface area contributed by atoms with Gasteiger partial charge in [0, 0.05) is 13.1 Å². The number of rotatable bonds is 5. The van der Waals surface area contributed by atoms with Gasteiger partial charge in [0.15, 0.2) is 16.7 Å². The zero-order valence-corrected chi connectivity index (χ0v) is 12.6. The summed E-state index contributed by atoms with van der Waals surface area (Å²) >= 11 is 1.47. The van der Waals surface area contributed by atoms with E-state index in [1.807, 2.05) is 31.5 Å². The van der Waals surface area contributed by atoms with Gasteiger partial charge in [-0.3, -0.25) is 0 Å². The van der Waals surface area contributed by atoms with Crippen molar-refractivity contribution in [3.8, 4) is 17.4 Å². The van der Waals surface area contributed by atoms with Crippen molar-refractivity contribution in [2.24, 2.45) is 0 Å². The molecule has 0 bridgehead atoms. The zero-order valence-electron chi connectivity index (χ0n) is 11.8. The van der Waals surface area contributed by atoms with Gasteiger partial charge in [0.05, 0.1) is 0 Å². The molecule has 1 aliphatic heterocycles. The first-order valence-corrected chi connectivity index (χ1v) is 7.63. The van der Waals surface area contributed by atoms with E-state index < -0.39 is 0 Å². The Labute approximate surface area is 126 Å². The predicted molar refractivity (Wildman–Crippen MR) is 80.3 cm³/mol. The van der Waals surface area contributed by atoms with Crippen molar-refractivity contribution >= 4 is 17.6 Å². The molecule has 0 spiro atoms. The van der Waals surface area contributed by atoms with Crippen molar-refractivity contribution in [3.05, 3.63) is 29.8 Å². The Morgan fingerprint density at radius 2 is 2.10 bits per heavy atom. The number of hydrogen-bond acceptors (Lipinski definition) is 7. The number of benzene rings is 1. The van der Waals surface area contributed by atoms with E-state index in [9.17, 15) is 0 Å². The van der Waals surface area contributed by atoms with E-state index in [0.717, 1.165) is 22.9 Å². The van der Waals surface area contributed by atoms with Crippen LogP contribution in [-0.2, 0) is 6.61 Å². The molecule has 2 heterocycles. The molecule has 110 valence electrons. The lowest BCUT2D eigenvalue weighted by atomic mass is 10.2. The van der Waals surface area contributed by atoms with Gasteiger partial charge in [0.1, 0.15) is 12.4 Å². The first-order valence-electron chi connectivity index (χ1n) is 6.40. The van der Waals surface area contributed by atoms with Gasteiger partial charge in [-0.15, -0.1) is 0 Å². The summed E-state index contributed by atoms with van der Waals surface area (Å²) in [4.78, 5) is 8.62. The Hall–Kier alpha value is -2.15. The Bertz CT molecular complexity index is 629. The maximum absolute atomic E-state index is 5.74. The van der Waals surface area contributed by atoms with Gasteiger partial charge < -0.3 is 19.5 Å². The van der Waals surface area contributed by atoms with Crippen LogP contribution in [0.1, 0.15) is 5.56 Å². The molecule has 0 fully saturated rings. The van der Waals surface area contributed by atoms with Gasteiger partial charge in [-0.1, -0.05) is 17.8 Å².